The molecule has 0 spiro atoms. The summed E-state index contributed by atoms with van der Waals surface area (Å²) in [4.78, 5) is 14.3. The van der Waals surface area contributed by atoms with Crippen LogP contribution in [-0.2, 0) is 12.8 Å². The second-order valence-corrected chi connectivity index (χ2v) is 6.50. The number of hydrogen-bond donors (Lipinski definition) is 3. The second kappa shape index (κ2) is 7.20. The number of amides is 1. The molecule has 1 fully saturated rings. The van der Waals surface area contributed by atoms with E-state index in [0.29, 0.717) is 13.1 Å². The number of carbonyl (C=O) groups excluding carboxylic acids is 1. The Hall–Kier alpha value is -0.910. The fraction of sp³-hybridized carbons (Fsp3) is 0.667. The van der Waals surface area contributed by atoms with Crippen LogP contribution in [0.4, 0.5) is 0 Å². The van der Waals surface area contributed by atoms with Gasteiger partial charge in [0.2, 0.25) is 0 Å². The van der Waals surface area contributed by atoms with Crippen molar-refractivity contribution in [3.63, 3.8) is 0 Å². The van der Waals surface area contributed by atoms with E-state index in [1.54, 1.807) is 11.3 Å². The number of β-amino-alcohol motifs (C(OH)–C–C–N with tert-alkyl or cyclic N) is 1. The van der Waals surface area contributed by atoms with Crippen molar-refractivity contribution in [2.75, 3.05) is 19.6 Å². The molecule has 5 heteroatoms. The maximum absolute atomic E-state index is 12.2. The number of thiophene rings is 1. The van der Waals surface area contributed by atoms with E-state index in [0.717, 1.165) is 30.7 Å². The zero-order chi connectivity index (χ0) is 14.5. The van der Waals surface area contributed by atoms with Crippen molar-refractivity contribution in [2.45, 2.75) is 39.2 Å². The number of aliphatic hydroxyl groups excluding tert-OH is 1. The first-order valence-electron chi connectivity index (χ1n) is 7.44. The van der Waals surface area contributed by atoms with Crippen molar-refractivity contribution in [3.8, 4) is 0 Å². The highest BCUT2D eigenvalue weighted by molar-refractivity contribution is 7.14. The molecular formula is C15H24N2O2S. The van der Waals surface area contributed by atoms with Crippen LogP contribution in [0, 0.1) is 5.92 Å². The van der Waals surface area contributed by atoms with E-state index in [4.69, 9.17) is 0 Å². The quantitative estimate of drug-likeness (QED) is 0.747. The monoisotopic (exact) mass is 296 g/mol. The first kappa shape index (κ1) is 15.5. The van der Waals surface area contributed by atoms with Crippen LogP contribution >= 0.6 is 11.3 Å². The number of nitrogens with one attached hydrogen (secondary N) is 2. The van der Waals surface area contributed by atoms with Crippen molar-refractivity contribution in [1.29, 1.82) is 0 Å². The van der Waals surface area contributed by atoms with Crippen molar-refractivity contribution >= 4 is 17.2 Å². The van der Waals surface area contributed by atoms with Crippen LogP contribution in [0.5, 0.6) is 0 Å². The third-order valence-corrected chi connectivity index (χ3v) is 5.04. The smallest absolute Gasteiger partial charge is 0.261 e. The lowest BCUT2D eigenvalue weighted by Crippen LogP contribution is -2.34. The van der Waals surface area contributed by atoms with Gasteiger partial charge >= 0.3 is 0 Å². The highest BCUT2D eigenvalue weighted by atomic mass is 32.1. The number of aliphatic hydroxyl groups is 1. The Morgan fingerprint density at radius 1 is 1.50 bits per heavy atom. The normalized spacial score (nSPS) is 22.1. The van der Waals surface area contributed by atoms with E-state index in [9.17, 15) is 9.90 Å². The molecule has 0 aromatic carbocycles. The molecule has 4 nitrogen and oxygen atoms in total. The van der Waals surface area contributed by atoms with Gasteiger partial charge in [0, 0.05) is 30.4 Å². The zero-order valence-electron chi connectivity index (χ0n) is 12.2. The number of hydrogen-bond acceptors (Lipinski definition) is 4. The topological polar surface area (TPSA) is 61.4 Å². The van der Waals surface area contributed by atoms with E-state index in [1.165, 1.54) is 10.4 Å². The Labute approximate surface area is 124 Å². The first-order valence-corrected chi connectivity index (χ1v) is 8.25. The van der Waals surface area contributed by atoms with Gasteiger partial charge < -0.3 is 15.7 Å². The summed E-state index contributed by atoms with van der Waals surface area (Å²) < 4.78 is 0. The molecule has 2 rings (SSSR count). The fourth-order valence-electron chi connectivity index (χ4n) is 2.55. The van der Waals surface area contributed by atoms with E-state index >= 15 is 0 Å². The molecule has 1 aromatic heterocycles. The largest absolute Gasteiger partial charge is 0.391 e. The minimum absolute atomic E-state index is 0.00819. The molecule has 1 saturated heterocycles. The van der Waals surface area contributed by atoms with Crippen LogP contribution in [0.3, 0.4) is 0 Å². The molecule has 112 valence electrons. The van der Waals surface area contributed by atoms with Gasteiger partial charge in [-0.1, -0.05) is 20.3 Å². The standard InChI is InChI=1S/C15H24N2O2S/c1-3-5-13-10(4-2)6-14(20-13)15(19)17-8-11-7-16-9-12(11)18/h6,11-12,16,18H,3-5,7-9H2,1-2H3,(H,17,19). The van der Waals surface area contributed by atoms with Crippen molar-refractivity contribution < 1.29 is 9.90 Å². The highest BCUT2D eigenvalue weighted by Crippen LogP contribution is 2.24. The van der Waals surface area contributed by atoms with Crippen LogP contribution in [0.25, 0.3) is 0 Å². The summed E-state index contributed by atoms with van der Waals surface area (Å²) in [7, 11) is 0. The van der Waals surface area contributed by atoms with Crippen LogP contribution in [0.2, 0.25) is 0 Å². The lowest BCUT2D eigenvalue weighted by Gasteiger charge is -2.13. The summed E-state index contributed by atoms with van der Waals surface area (Å²) in [6.07, 6.45) is 2.78. The predicted octanol–water partition coefficient (Wildman–Crippen LogP) is 1.57. The van der Waals surface area contributed by atoms with E-state index < -0.39 is 0 Å². The zero-order valence-corrected chi connectivity index (χ0v) is 13.1. The van der Waals surface area contributed by atoms with Crippen molar-refractivity contribution in [2.24, 2.45) is 5.92 Å². The molecule has 20 heavy (non-hydrogen) atoms. The van der Waals surface area contributed by atoms with Crippen molar-refractivity contribution in [1.82, 2.24) is 10.6 Å². The minimum atomic E-state index is -0.347. The van der Waals surface area contributed by atoms with Gasteiger partial charge in [-0.25, -0.2) is 0 Å². The van der Waals surface area contributed by atoms with E-state index in [-0.39, 0.29) is 17.9 Å². The van der Waals surface area contributed by atoms with Crippen LogP contribution in [0.15, 0.2) is 6.07 Å². The van der Waals surface area contributed by atoms with Gasteiger partial charge in [-0.05, 0) is 24.5 Å². The molecule has 0 radical (unpaired) electrons. The average Bonchev–Trinajstić information content (AvgIpc) is 3.03. The lowest BCUT2D eigenvalue weighted by molar-refractivity contribution is 0.0931. The Morgan fingerprint density at radius 3 is 2.90 bits per heavy atom. The summed E-state index contributed by atoms with van der Waals surface area (Å²) in [5, 5.41) is 15.8. The summed E-state index contributed by atoms with van der Waals surface area (Å²) in [5.41, 5.74) is 1.30. The SMILES string of the molecule is CCCc1sc(C(=O)NCC2CNCC2O)cc1CC. The molecule has 2 unspecified atom stereocenters. The van der Waals surface area contributed by atoms with Gasteiger partial charge in [0.25, 0.3) is 5.91 Å². The number of aryl methyl sites for hydroxylation is 2. The van der Waals surface area contributed by atoms with E-state index in [1.807, 2.05) is 6.07 Å². The third-order valence-electron chi connectivity index (χ3n) is 3.81. The van der Waals surface area contributed by atoms with Gasteiger partial charge in [-0.2, -0.15) is 0 Å². The van der Waals surface area contributed by atoms with Crippen LogP contribution < -0.4 is 10.6 Å². The third kappa shape index (κ3) is 3.59. The summed E-state index contributed by atoms with van der Waals surface area (Å²) in [6, 6.07) is 2.02. The number of carbonyl (C=O) groups is 1. The molecule has 3 N–H and O–H groups in total. The summed E-state index contributed by atoms with van der Waals surface area (Å²) in [6.45, 7) is 6.22. The average molecular weight is 296 g/mol. The molecule has 0 aliphatic carbocycles. The van der Waals surface area contributed by atoms with Crippen molar-refractivity contribution in [3.05, 3.63) is 21.4 Å². The lowest BCUT2D eigenvalue weighted by atomic mass is 10.1. The van der Waals surface area contributed by atoms with Gasteiger partial charge in [-0.15, -0.1) is 11.3 Å². The first-order chi connectivity index (χ1) is 9.65. The molecule has 0 saturated carbocycles. The second-order valence-electron chi connectivity index (χ2n) is 5.36. The molecular weight excluding hydrogens is 272 g/mol. The molecule has 1 amide bonds. The Bertz CT molecular complexity index is 459. The molecule has 2 atom stereocenters. The van der Waals surface area contributed by atoms with Gasteiger partial charge in [0.1, 0.15) is 0 Å². The summed E-state index contributed by atoms with van der Waals surface area (Å²) in [5.74, 6) is 0.117. The number of rotatable bonds is 6. The highest BCUT2D eigenvalue weighted by Gasteiger charge is 2.25. The van der Waals surface area contributed by atoms with Gasteiger partial charge in [-0.3, -0.25) is 4.79 Å². The Kier molecular flexibility index (Phi) is 5.57. The van der Waals surface area contributed by atoms with Gasteiger partial charge in [0.05, 0.1) is 11.0 Å². The predicted molar refractivity (Wildman–Crippen MR) is 82.4 cm³/mol. The summed E-state index contributed by atoms with van der Waals surface area (Å²) >= 11 is 1.61. The minimum Gasteiger partial charge on any atom is -0.391 e. The van der Waals surface area contributed by atoms with Gasteiger partial charge in [0.15, 0.2) is 0 Å². The maximum atomic E-state index is 12.2. The molecule has 1 aromatic rings. The van der Waals surface area contributed by atoms with Crippen LogP contribution in [-0.4, -0.2) is 36.8 Å². The molecule has 2 heterocycles. The van der Waals surface area contributed by atoms with Crippen LogP contribution in [0.1, 0.15) is 40.4 Å². The molecule has 0 bridgehead atoms. The fourth-order valence-corrected chi connectivity index (χ4v) is 3.83. The Morgan fingerprint density at radius 2 is 2.30 bits per heavy atom. The van der Waals surface area contributed by atoms with E-state index in [2.05, 4.69) is 24.5 Å². The molecule has 1 aliphatic heterocycles. The Balaban J connectivity index is 1.94. The maximum Gasteiger partial charge on any atom is 0.261 e. The molecule has 1 aliphatic rings.